The van der Waals surface area contributed by atoms with E-state index in [1.807, 2.05) is 32.0 Å². The van der Waals surface area contributed by atoms with Crippen LogP contribution in [0.5, 0.6) is 0 Å². The number of aromatic amines is 1. The number of nitrogens with one attached hydrogen (secondary N) is 2. The van der Waals surface area contributed by atoms with Crippen LogP contribution >= 0.6 is 11.3 Å². The Kier molecular flexibility index (Phi) is 3.33. The topological polar surface area (TPSA) is 83.6 Å². The highest BCUT2D eigenvalue weighted by Gasteiger charge is 2.28. The molecule has 5 rings (SSSR count). The van der Waals surface area contributed by atoms with Crippen LogP contribution in [0.2, 0.25) is 0 Å². The molecule has 7 heteroatoms. The number of anilines is 1. The van der Waals surface area contributed by atoms with Crippen LogP contribution in [0.3, 0.4) is 0 Å². The van der Waals surface area contributed by atoms with Gasteiger partial charge in [-0.25, -0.2) is 9.97 Å². The van der Waals surface area contributed by atoms with Crippen molar-refractivity contribution >= 4 is 44.1 Å². The summed E-state index contributed by atoms with van der Waals surface area (Å²) in [7, 11) is 0. The predicted molar refractivity (Wildman–Crippen MR) is 103 cm³/mol. The number of fused-ring (bicyclic) bond motifs is 2. The van der Waals surface area contributed by atoms with Gasteiger partial charge < -0.3 is 5.32 Å². The van der Waals surface area contributed by atoms with E-state index in [9.17, 15) is 4.79 Å². The van der Waals surface area contributed by atoms with Crippen LogP contribution in [0.25, 0.3) is 21.1 Å². The van der Waals surface area contributed by atoms with Crippen LogP contribution in [0.1, 0.15) is 45.5 Å². The van der Waals surface area contributed by atoms with Crippen LogP contribution in [0, 0.1) is 13.8 Å². The molecule has 0 spiro atoms. The van der Waals surface area contributed by atoms with E-state index in [1.54, 1.807) is 6.20 Å². The molecule has 6 nitrogen and oxygen atoms in total. The van der Waals surface area contributed by atoms with Crippen molar-refractivity contribution in [3.8, 4) is 0 Å². The minimum atomic E-state index is -0.110. The number of amides is 1. The van der Waals surface area contributed by atoms with Gasteiger partial charge in [-0.2, -0.15) is 5.10 Å². The number of aryl methyl sites for hydroxylation is 2. The van der Waals surface area contributed by atoms with Gasteiger partial charge in [0.25, 0.3) is 5.91 Å². The molecule has 4 aromatic rings. The standard InChI is InChI=1S/C19H17N5OS/c1-9-15-10(2)21-17(11-3-4-11)23-19(15)26-16(9)18(25)22-13-5-6-14-12(7-13)8-20-24-14/h5-8,11H,3-4H2,1-2H3,(H,20,24)(H,22,25). The third kappa shape index (κ3) is 2.47. The number of rotatable bonds is 3. The lowest BCUT2D eigenvalue weighted by molar-refractivity contribution is 0.103. The van der Waals surface area contributed by atoms with Gasteiger partial charge in [-0.1, -0.05) is 0 Å². The molecule has 3 aromatic heterocycles. The number of thiophene rings is 1. The van der Waals surface area contributed by atoms with E-state index in [0.717, 1.165) is 43.9 Å². The monoisotopic (exact) mass is 363 g/mol. The summed E-state index contributed by atoms with van der Waals surface area (Å²) < 4.78 is 0. The zero-order valence-corrected chi connectivity index (χ0v) is 15.3. The van der Waals surface area contributed by atoms with Gasteiger partial charge in [0.15, 0.2) is 0 Å². The average Bonchev–Trinajstić information content (AvgIpc) is 3.27. The Balaban J connectivity index is 1.51. The summed E-state index contributed by atoms with van der Waals surface area (Å²) in [5.74, 6) is 1.31. The molecule has 1 saturated carbocycles. The lowest BCUT2D eigenvalue weighted by Gasteiger charge is -2.05. The van der Waals surface area contributed by atoms with Gasteiger partial charge in [0.1, 0.15) is 10.7 Å². The van der Waals surface area contributed by atoms with E-state index in [0.29, 0.717) is 10.8 Å². The van der Waals surface area contributed by atoms with Crippen LogP contribution < -0.4 is 5.32 Å². The Morgan fingerprint density at radius 2 is 2.12 bits per heavy atom. The highest BCUT2D eigenvalue weighted by Crippen LogP contribution is 2.40. The van der Waals surface area contributed by atoms with Crippen LogP contribution in [0.4, 0.5) is 5.69 Å². The molecule has 3 heterocycles. The highest BCUT2D eigenvalue weighted by atomic mass is 32.1. The average molecular weight is 363 g/mol. The van der Waals surface area contributed by atoms with Gasteiger partial charge in [-0.3, -0.25) is 9.89 Å². The molecule has 2 N–H and O–H groups in total. The predicted octanol–water partition coefficient (Wildman–Crippen LogP) is 4.31. The molecule has 0 bridgehead atoms. The number of hydrogen-bond donors (Lipinski definition) is 2. The molecule has 1 aliphatic carbocycles. The molecule has 1 amide bonds. The Morgan fingerprint density at radius 3 is 2.92 bits per heavy atom. The quantitative estimate of drug-likeness (QED) is 0.568. The van der Waals surface area contributed by atoms with E-state index >= 15 is 0 Å². The number of carbonyl (C=O) groups excluding carboxylic acids is 1. The number of nitrogens with zero attached hydrogens (tertiary/aromatic N) is 3. The fourth-order valence-corrected chi connectivity index (χ4v) is 4.44. The van der Waals surface area contributed by atoms with E-state index in [4.69, 9.17) is 4.98 Å². The van der Waals surface area contributed by atoms with Gasteiger partial charge in [0, 0.05) is 22.4 Å². The van der Waals surface area contributed by atoms with E-state index < -0.39 is 0 Å². The highest BCUT2D eigenvalue weighted by molar-refractivity contribution is 7.20. The summed E-state index contributed by atoms with van der Waals surface area (Å²) in [5, 5.41) is 11.9. The first kappa shape index (κ1) is 15.5. The SMILES string of the molecule is Cc1nc(C2CC2)nc2sc(C(=O)Nc3ccc4[nH]ncc4c3)c(C)c12. The smallest absolute Gasteiger partial charge is 0.266 e. The largest absolute Gasteiger partial charge is 0.321 e. The molecule has 0 radical (unpaired) electrons. The van der Waals surface area contributed by atoms with Crippen molar-refractivity contribution in [2.45, 2.75) is 32.6 Å². The molecule has 0 atom stereocenters. The van der Waals surface area contributed by atoms with Gasteiger partial charge >= 0.3 is 0 Å². The van der Waals surface area contributed by atoms with Gasteiger partial charge in [-0.05, 0) is 50.5 Å². The maximum atomic E-state index is 12.8. The summed E-state index contributed by atoms with van der Waals surface area (Å²) in [5.41, 5.74) is 3.61. The summed E-state index contributed by atoms with van der Waals surface area (Å²) in [6.45, 7) is 3.98. The van der Waals surface area contributed by atoms with E-state index in [-0.39, 0.29) is 5.91 Å². The maximum absolute atomic E-state index is 12.8. The lowest BCUT2D eigenvalue weighted by Crippen LogP contribution is -2.11. The van der Waals surface area contributed by atoms with E-state index in [2.05, 4.69) is 20.5 Å². The first-order chi connectivity index (χ1) is 12.6. The second-order valence-electron chi connectivity index (χ2n) is 6.80. The van der Waals surface area contributed by atoms with Crippen molar-refractivity contribution in [1.82, 2.24) is 20.2 Å². The molecule has 1 aromatic carbocycles. The number of carbonyl (C=O) groups is 1. The zero-order valence-electron chi connectivity index (χ0n) is 14.5. The van der Waals surface area contributed by atoms with Crippen molar-refractivity contribution in [2.75, 3.05) is 5.32 Å². The fourth-order valence-electron chi connectivity index (χ4n) is 3.31. The Labute approximate surface area is 153 Å². The van der Waals surface area contributed by atoms with Crippen molar-refractivity contribution in [2.24, 2.45) is 0 Å². The van der Waals surface area contributed by atoms with Crippen molar-refractivity contribution < 1.29 is 4.79 Å². The Hall–Kier alpha value is -2.80. The minimum absolute atomic E-state index is 0.110. The fraction of sp³-hybridized carbons (Fsp3) is 0.263. The number of H-pyrrole nitrogens is 1. The Bertz CT molecular complexity index is 1170. The van der Waals surface area contributed by atoms with Crippen molar-refractivity contribution in [3.05, 3.63) is 46.4 Å². The molecule has 0 aliphatic heterocycles. The molecule has 1 fully saturated rings. The second-order valence-corrected chi connectivity index (χ2v) is 7.80. The van der Waals surface area contributed by atoms with E-state index in [1.165, 1.54) is 24.2 Å². The molecule has 26 heavy (non-hydrogen) atoms. The molecular formula is C19H17N5OS. The summed E-state index contributed by atoms with van der Waals surface area (Å²) >= 11 is 1.45. The zero-order chi connectivity index (χ0) is 17.8. The van der Waals surface area contributed by atoms with Crippen LogP contribution in [-0.4, -0.2) is 26.1 Å². The summed E-state index contributed by atoms with van der Waals surface area (Å²) in [6, 6.07) is 5.69. The summed E-state index contributed by atoms with van der Waals surface area (Å²) in [6.07, 6.45) is 4.08. The van der Waals surface area contributed by atoms with Gasteiger partial charge in [0.2, 0.25) is 0 Å². The normalized spacial score (nSPS) is 14.2. The van der Waals surface area contributed by atoms with Crippen molar-refractivity contribution in [3.63, 3.8) is 0 Å². The number of aromatic nitrogens is 4. The lowest BCUT2D eigenvalue weighted by atomic mass is 10.1. The minimum Gasteiger partial charge on any atom is -0.321 e. The maximum Gasteiger partial charge on any atom is 0.266 e. The molecule has 0 unspecified atom stereocenters. The number of benzene rings is 1. The van der Waals surface area contributed by atoms with Crippen LogP contribution in [-0.2, 0) is 0 Å². The van der Waals surface area contributed by atoms with Gasteiger partial charge in [-0.15, -0.1) is 11.3 Å². The van der Waals surface area contributed by atoms with Crippen LogP contribution in [0.15, 0.2) is 24.4 Å². The summed E-state index contributed by atoms with van der Waals surface area (Å²) in [4.78, 5) is 23.8. The third-order valence-electron chi connectivity index (χ3n) is 4.84. The van der Waals surface area contributed by atoms with Crippen molar-refractivity contribution in [1.29, 1.82) is 0 Å². The Morgan fingerprint density at radius 1 is 1.27 bits per heavy atom. The number of hydrogen-bond acceptors (Lipinski definition) is 5. The first-order valence-corrected chi connectivity index (χ1v) is 9.44. The molecule has 0 saturated heterocycles. The molecule has 1 aliphatic rings. The van der Waals surface area contributed by atoms with Gasteiger partial charge in [0.05, 0.1) is 22.3 Å². The third-order valence-corrected chi connectivity index (χ3v) is 6.02. The second kappa shape index (κ2) is 5.60. The first-order valence-electron chi connectivity index (χ1n) is 8.62. The molecule has 130 valence electrons. The molecular weight excluding hydrogens is 346 g/mol.